The maximum absolute atomic E-state index is 12.8. The second kappa shape index (κ2) is 10.5. The summed E-state index contributed by atoms with van der Waals surface area (Å²) in [4.78, 5) is 12.2. The van der Waals surface area contributed by atoms with E-state index in [0.29, 0.717) is 33.3 Å². The van der Waals surface area contributed by atoms with Crippen molar-refractivity contribution in [3.8, 4) is 5.75 Å². The van der Waals surface area contributed by atoms with E-state index in [1.165, 1.54) is 12.1 Å². The minimum atomic E-state index is -4.48. The van der Waals surface area contributed by atoms with Crippen molar-refractivity contribution in [1.82, 2.24) is 14.8 Å². The highest BCUT2D eigenvalue weighted by Gasteiger charge is 2.30. The van der Waals surface area contributed by atoms with Gasteiger partial charge in [-0.05, 0) is 43.3 Å². The molecule has 1 amide bonds. The van der Waals surface area contributed by atoms with Crippen molar-refractivity contribution < 1.29 is 22.7 Å². The van der Waals surface area contributed by atoms with Gasteiger partial charge in [0.15, 0.2) is 11.0 Å². The fourth-order valence-corrected chi connectivity index (χ4v) is 3.97. The van der Waals surface area contributed by atoms with Gasteiger partial charge in [-0.2, -0.15) is 13.2 Å². The third-order valence-electron chi connectivity index (χ3n) is 4.17. The number of nitrogens with one attached hydrogen (secondary N) is 1. The monoisotopic (exact) mass is 504 g/mol. The molecule has 0 spiro atoms. The van der Waals surface area contributed by atoms with E-state index in [4.69, 9.17) is 27.9 Å². The fraction of sp³-hybridized carbons (Fsp3) is 0.250. The van der Waals surface area contributed by atoms with E-state index >= 15 is 0 Å². The third kappa shape index (κ3) is 6.30. The molecule has 1 N–H and O–H groups in total. The minimum absolute atomic E-state index is 0.0573. The summed E-state index contributed by atoms with van der Waals surface area (Å²) in [6, 6.07) is 9.31. The first-order chi connectivity index (χ1) is 15.2. The van der Waals surface area contributed by atoms with Crippen molar-refractivity contribution in [2.45, 2.75) is 31.4 Å². The average molecular weight is 505 g/mol. The highest BCUT2D eigenvalue weighted by Crippen LogP contribution is 2.31. The van der Waals surface area contributed by atoms with Crippen LogP contribution in [-0.2, 0) is 24.1 Å². The molecule has 3 aromatic rings. The van der Waals surface area contributed by atoms with Crippen LogP contribution in [0.2, 0.25) is 10.0 Å². The summed E-state index contributed by atoms with van der Waals surface area (Å²) in [5.74, 6) is 0.444. The number of halogens is 5. The maximum Gasteiger partial charge on any atom is 0.416 e. The molecule has 0 fully saturated rings. The van der Waals surface area contributed by atoms with Crippen LogP contribution in [0.25, 0.3) is 0 Å². The summed E-state index contributed by atoms with van der Waals surface area (Å²) in [5.41, 5.74) is -0.768. The van der Waals surface area contributed by atoms with Gasteiger partial charge in [0, 0.05) is 17.3 Å². The van der Waals surface area contributed by atoms with Crippen molar-refractivity contribution in [2.24, 2.45) is 0 Å². The standard InChI is InChI=1S/C20H17Cl2F3N4O2S/c1-2-29-17(10-31-16-7-6-13(21)9-15(16)22)27-28-19(29)32-11-18(30)26-14-5-3-4-12(8-14)20(23,24)25/h3-9H,2,10-11H2,1H3,(H,26,30). The smallest absolute Gasteiger partial charge is 0.416 e. The molecule has 0 bridgehead atoms. The lowest BCUT2D eigenvalue weighted by molar-refractivity contribution is -0.137. The van der Waals surface area contributed by atoms with Gasteiger partial charge >= 0.3 is 6.18 Å². The van der Waals surface area contributed by atoms with Crippen LogP contribution in [0.15, 0.2) is 47.6 Å². The van der Waals surface area contributed by atoms with E-state index in [9.17, 15) is 18.0 Å². The van der Waals surface area contributed by atoms with Gasteiger partial charge < -0.3 is 14.6 Å². The number of carbonyl (C=O) groups is 1. The largest absolute Gasteiger partial charge is 0.484 e. The number of alkyl halides is 3. The summed E-state index contributed by atoms with van der Waals surface area (Å²) in [6.45, 7) is 2.51. The van der Waals surface area contributed by atoms with Gasteiger partial charge in [-0.3, -0.25) is 4.79 Å². The molecule has 0 saturated carbocycles. The maximum atomic E-state index is 12.8. The molecule has 0 radical (unpaired) electrons. The first kappa shape index (κ1) is 24.2. The third-order valence-corrected chi connectivity index (χ3v) is 5.66. The fourth-order valence-electron chi connectivity index (χ4n) is 2.69. The predicted octanol–water partition coefficient (Wildman–Crippen LogP) is 5.93. The molecule has 170 valence electrons. The number of aromatic nitrogens is 3. The molecule has 2 aromatic carbocycles. The average Bonchev–Trinajstić information content (AvgIpc) is 3.13. The Labute approximate surface area is 196 Å². The van der Waals surface area contributed by atoms with Crippen LogP contribution in [0.3, 0.4) is 0 Å². The van der Waals surface area contributed by atoms with Crippen molar-refractivity contribution >= 4 is 46.6 Å². The minimum Gasteiger partial charge on any atom is -0.484 e. The Balaban J connectivity index is 1.59. The van der Waals surface area contributed by atoms with E-state index < -0.39 is 17.6 Å². The van der Waals surface area contributed by atoms with Crippen molar-refractivity contribution in [3.63, 3.8) is 0 Å². The van der Waals surface area contributed by atoms with Gasteiger partial charge in [0.1, 0.15) is 12.4 Å². The van der Waals surface area contributed by atoms with Gasteiger partial charge in [0.25, 0.3) is 0 Å². The number of rotatable bonds is 8. The van der Waals surface area contributed by atoms with Crippen molar-refractivity contribution in [3.05, 3.63) is 63.9 Å². The Kier molecular flexibility index (Phi) is 7.91. The number of thioether (sulfide) groups is 1. The van der Waals surface area contributed by atoms with Crippen LogP contribution in [0.5, 0.6) is 5.75 Å². The zero-order valence-electron chi connectivity index (χ0n) is 16.6. The molecular formula is C20H17Cl2F3N4O2S. The summed E-state index contributed by atoms with van der Waals surface area (Å²) in [6.07, 6.45) is -4.48. The lowest BCUT2D eigenvalue weighted by Crippen LogP contribution is -2.15. The van der Waals surface area contributed by atoms with E-state index in [1.54, 1.807) is 22.8 Å². The number of hydrogen-bond acceptors (Lipinski definition) is 5. The highest BCUT2D eigenvalue weighted by atomic mass is 35.5. The van der Waals surface area contributed by atoms with Crippen LogP contribution >= 0.6 is 35.0 Å². The Bertz CT molecular complexity index is 1110. The molecule has 0 aliphatic carbocycles. The van der Waals surface area contributed by atoms with Crippen LogP contribution in [-0.4, -0.2) is 26.4 Å². The van der Waals surface area contributed by atoms with Gasteiger partial charge in [0.2, 0.25) is 5.91 Å². The normalized spacial score (nSPS) is 11.4. The number of ether oxygens (including phenoxy) is 1. The van der Waals surface area contributed by atoms with E-state index in [-0.39, 0.29) is 18.0 Å². The zero-order valence-corrected chi connectivity index (χ0v) is 18.9. The Morgan fingerprint density at radius 2 is 1.97 bits per heavy atom. The van der Waals surface area contributed by atoms with Crippen molar-refractivity contribution in [2.75, 3.05) is 11.1 Å². The van der Waals surface area contributed by atoms with E-state index in [1.807, 2.05) is 6.92 Å². The lowest BCUT2D eigenvalue weighted by Gasteiger charge is -2.11. The Hall–Kier alpha value is -2.43. The SMILES string of the molecule is CCn1c(COc2ccc(Cl)cc2Cl)nnc1SCC(=O)Nc1cccc(C(F)(F)F)c1. The topological polar surface area (TPSA) is 69.0 Å². The summed E-state index contributed by atoms with van der Waals surface area (Å²) in [7, 11) is 0. The Morgan fingerprint density at radius 1 is 1.19 bits per heavy atom. The molecule has 0 atom stereocenters. The molecule has 0 saturated heterocycles. The van der Waals surface area contributed by atoms with Crippen molar-refractivity contribution in [1.29, 1.82) is 0 Å². The molecule has 12 heteroatoms. The molecule has 1 aromatic heterocycles. The quantitative estimate of drug-likeness (QED) is 0.384. The number of carbonyl (C=O) groups excluding carboxylic acids is 1. The number of amides is 1. The highest BCUT2D eigenvalue weighted by molar-refractivity contribution is 7.99. The Morgan fingerprint density at radius 3 is 2.66 bits per heavy atom. The predicted molar refractivity (Wildman–Crippen MR) is 117 cm³/mol. The first-order valence-corrected chi connectivity index (χ1v) is 11.0. The molecule has 32 heavy (non-hydrogen) atoms. The number of benzene rings is 2. The molecule has 3 rings (SSSR count). The van der Waals surface area contributed by atoms with Gasteiger partial charge in [-0.25, -0.2) is 0 Å². The number of nitrogens with zero attached hydrogens (tertiary/aromatic N) is 3. The molecule has 0 aliphatic heterocycles. The number of hydrogen-bond donors (Lipinski definition) is 1. The second-order valence-corrected chi connectivity index (χ2v) is 8.21. The molecule has 1 heterocycles. The van der Waals surface area contributed by atoms with Crippen LogP contribution in [0.4, 0.5) is 18.9 Å². The summed E-state index contributed by atoms with van der Waals surface area (Å²) < 4.78 is 45.9. The van der Waals surface area contributed by atoms with Gasteiger partial charge in [-0.15, -0.1) is 10.2 Å². The number of anilines is 1. The summed E-state index contributed by atoms with van der Waals surface area (Å²) >= 11 is 13.1. The summed E-state index contributed by atoms with van der Waals surface area (Å²) in [5, 5.41) is 12.0. The van der Waals surface area contributed by atoms with E-state index in [0.717, 1.165) is 23.9 Å². The molecule has 0 unspecified atom stereocenters. The first-order valence-electron chi connectivity index (χ1n) is 9.27. The van der Waals surface area contributed by atoms with Crippen LogP contribution in [0, 0.1) is 0 Å². The van der Waals surface area contributed by atoms with Crippen LogP contribution in [0.1, 0.15) is 18.3 Å². The van der Waals surface area contributed by atoms with Crippen LogP contribution < -0.4 is 10.1 Å². The zero-order chi connectivity index (χ0) is 23.3. The van der Waals surface area contributed by atoms with E-state index in [2.05, 4.69) is 15.5 Å². The van der Waals surface area contributed by atoms with Gasteiger partial charge in [-0.1, -0.05) is 41.0 Å². The molecular weight excluding hydrogens is 488 g/mol. The lowest BCUT2D eigenvalue weighted by atomic mass is 10.2. The molecule has 6 nitrogen and oxygen atoms in total. The molecule has 0 aliphatic rings. The second-order valence-electron chi connectivity index (χ2n) is 6.42. The van der Waals surface area contributed by atoms with Gasteiger partial charge in [0.05, 0.1) is 16.3 Å².